The Hall–Kier alpha value is 0.110. The van der Waals surface area contributed by atoms with Gasteiger partial charge in [-0.05, 0) is 19.9 Å². The van der Waals surface area contributed by atoms with Crippen molar-refractivity contribution >= 4 is 7.52 Å². The summed E-state index contributed by atoms with van der Waals surface area (Å²) < 4.78 is 17.2. The summed E-state index contributed by atoms with van der Waals surface area (Å²) in [7, 11) is 0.821. The Morgan fingerprint density at radius 1 is 1.50 bits per heavy atom. The second kappa shape index (κ2) is 4.31. The van der Waals surface area contributed by atoms with E-state index < -0.39 is 7.52 Å². The molecule has 1 aliphatic rings. The standard InChI is InChI=1S/C9H21N2O2P/c1-8(2)14(12,13-4)11-7-9(10-3)5-6-9/h8,10H,5-7H2,1-4H3,(H,11,12). The second-order valence-electron chi connectivity index (χ2n) is 4.24. The van der Waals surface area contributed by atoms with Crippen molar-refractivity contribution in [1.82, 2.24) is 10.4 Å². The van der Waals surface area contributed by atoms with Crippen LogP contribution in [0.3, 0.4) is 0 Å². The highest BCUT2D eigenvalue weighted by Gasteiger charge is 2.42. The molecule has 84 valence electrons. The first kappa shape index (κ1) is 12.2. The van der Waals surface area contributed by atoms with Crippen LogP contribution < -0.4 is 10.4 Å². The Kier molecular flexibility index (Phi) is 3.75. The Bertz CT molecular complexity index is 239. The monoisotopic (exact) mass is 220 g/mol. The molecule has 0 saturated heterocycles. The normalized spacial score (nSPS) is 23.5. The highest BCUT2D eigenvalue weighted by atomic mass is 31.2. The molecule has 0 spiro atoms. The summed E-state index contributed by atoms with van der Waals surface area (Å²) in [5.74, 6) is 0. The van der Waals surface area contributed by atoms with Crippen LogP contribution in [0.2, 0.25) is 0 Å². The molecule has 0 amide bonds. The SMILES string of the molecule is CNC1(CNP(=O)(OC)C(C)C)CC1. The summed E-state index contributed by atoms with van der Waals surface area (Å²) in [5.41, 5.74) is 0.198. The molecule has 1 fully saturated rings. The van der Waals surface area contributed by atoms with Crippen molar-refractivity contribution < 1.29 is 9.09 Å². The average molecular weight is 220 g/mol. The molecule has 14 heavy (non-hydrogen) atoms. The second-order valence-corrected chi connectivity index (χ2v) is 7.15. The van der Waals surface area contributed by atoms with Gasteiger partial charge in [-0.1, -0.05) is 13.8 Å². The van der Waals surface area contributed by atoms with E-state index in [1.807, 2.05) is 20.9 Å². The Morgan fingerprint density at radius 3 is 2.36 bits per heavy atom. The lowest BCUT2D eigenvalue weighted by atomic mass is 10.3. The summed E-state index contributed by atoms with van der Waals surface area (Å²) in [6.45, 7) is 4.55. The summed E-state index contributed by atoms with van der Waals surface area (Å²) in [6.07, 6.45) is 2.30. The fourth-order valence-corrected chi connectivity index (χ4v) is 2.82. The van der Waals surface area contributed by atoms with Gasteiger partial charge in [0, 0.05) is 24.9 Å². The molecule has 4 nitrogen and oxygen atoms in total. The van der Waals surface area contributed by atoms with Crippen LogP contribution in [0, 0.1) is 0 Å². The molecular formula is C9H21N2O2P. The number of hydrogen-bond acceptors (Lipinski definition) is 3. The zero-order chi connectivity index (χ0) is 10.8. The zero-order valence-corrected chi connectivity index (χ0v) is 10.4. The molecule has 1 atom stereocenters. The van der Waals surface area contributed by atoms with Crippen LogP contribution in [0.25, 0.3) is 0 Å². The largest absolute Gasteiger partial charge is 0.321 e. The zero-order valence-electron chi connectivity index (χ0n) is 9.46. The lowest BCUT2D eigenvalue weighted by Gasteiger charge is -2.24. The molecule has 1 aliphatic carbocycles. The minimum absolute atomic E-state index is 0.0279. The van der Waals surface area contributed by atoms with Crippen LogP contribution in [0.4, 0.5) is 0 Å². The third-order valence-corrected chi connectivity index (χ3v) is 5.47. The minimum Gasteiger partial charge on any atom is -0.321 e. The summed E-state index contributed by atoms with van der Waals surface area (Å²) in [6, 6.07) is 0. The van der Waals surface area contributed by atoms with Crippen LogP contribution >= 0.6 is 7.52 Å². The number of hydrogen-bond donors (Lipinski definition) is 2. The predicted octanol–water partition coefficient (Wildman–Crippen LogP) is 1.58. The van der Waals surface area contributed by atoms with Crippen LogP contribution in [-0.4, -0.2) is 31.9 Å². The van der Waals surface area contributed by atoms with Gasteiger partial charge in [0.15, 0.2) is 0 Å². The molecule has 0 bridgehead atoms. The van der Waals surface area contributed by atoms with E-state index in [-0.39, 0.29) is 11.2 Å². The Morgan fingerprint density at radius 2 is 2.07 bits per heavy atom. The minimum atomic E-state index is -2.63. The maximum absolute atomic E-state index is 12.1. The van der Waals surface area contributed by atoms with E-state index in [9.17, 15) is 4.57 Å². The van der Waals surface area contributed by atoms with Gasteiger partial charge >= 0.3 is 0 Å². The van der Waals surface area contributed by atoms with Crippen molar-refractivity contribution in [3.8, 4) is 0 Å². The summed E-state index contributed by atoms with van der Waals surface area (Å²) in [4.78, 5) is 0. The van der Waals surface area contributed by atoms with E-state index in [4.69, 9.17) is 4.52 Å². The molecule has 1 saturated carbocycles. The van der Waals surface area contributed by atoms with Crippen LogP contribution in [-0.2, 0) is 9.09 Å². The van der Waals surface area contributed by atoms with Gasteiger partial charge in [0.05, 0.1) is 0 Å². The van der Waals surface area contributed by atoms with Gasteiger partial charge in [-0.25, -0.2) is 5.09 Å². The van der Waals surface area contributed by atoms with E-state index in [2.05, 4.69) is 10.4 Å². The van der Waals surface area contributed by atoms with E-state index in [1.165, 1.54) is 7.11 Å². The maximum Gasteiger partial charge on any atom is 0.272 e. The van der Waals surface area contributed by atoms with Crippen molar-refractivity contribution in [2.45, 2.75) is 37.9 Å². The van der Waals surface area contributed by atoms with Gasteiger partial charge in [-0.15, -0.1) is 0 Å². The van der Waals surface area contributed by atoms with E-state index >= 15 is 0 Å². The van der Waals surface area contributed by atoms with E-state index in [0.29, 0.717) is 0 Å². The molecule has 1 rings (SSSR count). The summed E-state index contributed by atoms with van der Waals surface area (Å²) in [5, 5.41) is 6.32. The highest BCUT2D eigenvalue weighted by molar-refractivity contribution is 7.57. The molecular weight excluding hydrogens is 199 g/mol. The first-order chi connectivity index (χ1) is 6.48. The quantitative estimate of drug-likeness (QED) is 0.667. The van der Waals surface area contributed by atoms with Gasteiger partial charge < -0.3 is 9.84 Å². The Balaban J connectivity index is 2.46. The molecule has 0 aromatic rings. The van der Waals surface area contributed by atoms with Gasteiger partial charge in [0.25, 0.3) is 7.52 Å². The Labute approximate surface area is 86.3 Å². The third-order valence-electron chi connectivity index (χ3n) is 2.97. The van der Waals surface area contributed by atoms with Gasteiger partial charge in [-0.2, -0.15) is 0 Å². The molecule has 2 N–H and O–H groups in total. The number of rotatable bonds is 6. The summed E-state index contributed by atoms with van der Waals surface area (Å²) >= 11 is 0. The van der Waals surface area contributed by atoms with Gasteiger partial charge in [0.1, 0.15) is 0 Å². The van der Waals surface area contributed by atoms with Gasteiger partial charge in [-0.3, -0.25) is 4.57 Å². The molecule has 5 heteroatoms. The van der Waals surface area contributed by atoms with E-state index in [0.717, 1.165) is 19.4 Å². The first-order valence-corrected chi connectivity index (χ1v) is 6.77. The first-order valence-electron chi connectivity index (χ1n) is 5.07. The fourth-order valence-electron chi connectivity index (χ4n) is 1.39. The van der Waals surface area contributed by atoms with Crippen LogP contribution in [0.15, 0.2) is 0 Å². The average Bonchev–Trinajstić information content (AvgIpc) is 2.95. The number of nitrogens with one attached hydrogen (secondary N) is 2. The maximum atomic E-state index is 12.1. The molecule has 0 heterocycles. The smallest absolute Gasteiger partial charge is 0.272 e. The van der Waals surface area contributed by atoms with Crippen molar-refractivity contribution in [3.05, 3.63) is 0 Å². The molecule has 1 unspecified atom stereocenters. The van der Waals surface area contributed by atoms with Gasteiger partial charge in [0.2, 0.25) is 0 Å². The molecule has 0 aliphatic heterocycles. The molecule has 0 aromatic carbocycles. The van der Waals surface area contributed by atoms with Crippen molar-refractivity contribution in [3.63, 3.8) is 0 Å². The predicted molar refractivity (Wildman–Crippen MR) is 58.8 cm³/mol. The van der Waals surface area contributed by atoms with Crippen molar-refractivity contribution in [2.24, 2.45) is 0 Å². The third kappa shape index (κ3) is 2.57. The lowest BCUT2D eigenvalue weighted by molar-refractivity contribution is 0.369. The molecule has 0 radical (unpaired) electrons. The van der Waals surface area contributed by atoms with Crippen LogP contribution in [0.1, 0.15) is 26.7 Å². The van der Waals surface area contributed by atoms with E-state index in [1.54, 1.807) is 0 Å². The van der Waals surface area contributed by atoms with Crippen molar-refractivity contribution in [2.75, 3.05) is 20.7 Å². The van der Waals surface area contributed by atoms with Crippen LogP contribution in [0.5, 0.6) is 0 Å². The highest BCUT2D eigenvalue weighted by Crippen LogP contribution is 2.48. The molecule has 0 aromatic heterocycles. The van der Waals surface area contributed by atoms with Crippen molar-refractivity contribution in [1.29, 1.82) is 0 Å². The topological polar surface area (TPSA) is 50.4 Å². The number of likely N-dealkylation sites (N-methyl/N-ethyl adjacent to an activating group) is 1. The fraction of sp³-hybridized carbons (Fsp3) is 1.00. The lowest BCUT2D eigenvalue weighted by Crippen LogP contribution is -2.38.